The van der Waals surface area contributed by atoms with Gasteiger partial charge in [0.25, 0.3) is 0 Å². The molecule has 0 unspecified atom stereocenters. The zero-order valence-electron chi connectivity index (χ0n) is 14.6. The van der Waals surface area contributed by atoms with Gasteiger partial charge in [0.2, 0.25) is 5.91 Å². The molecule has 1 aromatic carbocycles. The Hall–Kier alpha value is -2.34. The van der Waals surface area contributed by atoms with Crippen LogP contribution in [0.3, 0.4) is 0 Å². The van der Waals surface area contributed by atoms with Crippen molar-refractivity contribution in [3.8, 4) is 0 Å². The highest BCUT2D eigenvalue weighted by molar-refractivity contribution is 5.91. The Balaban J connectivity index is 2.03. The highest BCUT2D eigenvalue weighted by Crippen LogP contribution is 2.19. The molecule has 1 heterocycles. The lowest BCUT2D eigenvalue weighted by Crippen LogP contribution is -2.11. The molecule has 6 heteroatoms. The van der Waals surface area contributed by atoms with Gasteiger partial charge in [-0.3, -0.25) is 9.48 Å². The van der Waals surface area contributed by atoms with Gasteiger partial charge in [0.05, 0.1) is 18.8 Å². The van der Waals surface area contributed by atoms with Crippen molar-refractivity contribution >= 4 is 17.3 Å². The monoisotopic (exact) mass is 330 g/mol. The molecule has 1 aromatic heterocycles. The number of aliphatic hydroxyl groups is 1. The van der Waals surface area contributed by atoms with E-state index in [9.17, 15) is 4.79 Å². The molecule has 0 saturated carbocycles. The number of hydrogen-bond acceptors (Lipinski definition) is 4. The summed E-state index contributed by atoms with van der Waals surface area (Å²) in [6.45, 7) is 7.20. The number of rotatable bonds is 8. The average molecular weight is 330 g/mol. The maximum absolute atomic E-state index is 11.7. The van der Waals surface area contributed by atoms with Crippen molar-refractivity contribution in [3.05, 3.63) is 41.2 Å². The summed E-state index contributed by atoms with van der Waals surface area (Å²) in [6.07, 6.45) is 1.36. The van der Waals surface area contributed by atoms with Crippen LogP contribution in [0.2, 0.25) is 0 Å². The number of nitrogens with one attached hydrogen (secondary N) is 2. The number of carbonyl (C=O) groups is 1. The lowest BCUT2D eigenvalue weighted by Gasteiger charge is -2.10. The first-order valence-corrected chi connectivity index (χ1v) is 8.32. The molecular formula is C18H26N4O2. The quantitative estimate of drug-likeness (QED) is 0.695. The first-order chi connectivity index (χ1) is 11.5. The number of benzene rings is 1. The number of nitrogens with zero attached hydrogens (tertiary/aromatic N) is 2. The lowest BCUT2D eigenvalue weighted by molar-refractivity contribution is -0.116. The van der Waals surface area contributed by atoms with Gasteiger partial charge in [0.15, 0.2) is 0 Å². The van der Waals surface area contributed by atoms with Crippen LogP contribution in [0, 0.1) is 13.8 Å². The SMILES string of the molecule is CCCC(=O)Nc1cccc(NCc2c(C)nn(CCO)c2C)c1. The van der Waals surface area contributed by atoms with Gasteiger partial charge in [0.1, 0.15) is 0 Å². The summed E-state index contributed by atoms with van der Waals surface area (Å²) in [5.41, 5.74) is 4.88. The van der Waals surface area contributed by atoms with Gasteiger partial charge in [-0.15, -0.1) is 0 Å². The summed E-state index contributed by atoms with van der Waals surface area (Å²) in [5.74, 6) is 0.0339. The molecule has 130 valence electrons. The number of aromatic nitrogens is 2. The van der Waals surface area contributed by atoms with E-state index in [0.29, 0.717) is 19.5 Å². The molecule has 0 aliphatic rings. The van der Waals surface area contributed by atoms with Crippen molar-refractivity contribution in [1.82, 2.24) is 9.78 Å². The van der Waals surface area contributed by atoms with Gasteiger partial charge in [-0.2, -0.15) is 5.10 Å². The minimum Gasteiger partial charge on any atom is -0.394 e. The molecule has 0 saturated heterocycles. The van der Waals surface area contributed by atoms with Crippen molar-refractivity contribution in [2.75, 3.05) is 17.2 Å². The van der Waals surface area contributed by atoms with Crippen molar-refractivity contribution in [2.45, 2.75) is 46.7 Å². The van der Waals surface area contributed by atoms with Crippen molar-refractivity contribution in [2.24, 2.45) is 0 Å². The predicted molar refractivity (Wildman–Crippen MR) is 96.1 cm³/mol. The fourth-order valence-electron chi connectivity index (χ4n) is 2.65. The molecule has 0 spiro atoms. The Morgan fingerprint density at radius 2 is 2.04 bits per heavy atom. The molecule has 24 heavy (non-hydrogen) atoms. The molecule has 3 N–H and O–H groups in total. The molecular weight excluding hydrogens is 304 g/mol. The Morgan fingerprint density at radius 3 is 2.75 bits per heavy atom. The standard InChI is InChI=1S/C18H26N4O2/c1-4-6-18(24)20-16-8-5-7-15(11-16)19-12-17-13(2)21-22(9-10-23)14(17)3/h5,7-8,11,19,23H,4,6,9-10,12H2,1-3H3,(H,20,24). The molecule has 0 radical (unpaired) electrons. The van der Waals surface area contributed by atoms with Gasteiger partial charge >= 0.3 is 0 Å². The van der Waals surface area contributed by atoms with E-state index in [0.717, 1.165) is 34.7 Å². The molecule has 2 aromatic rings. The summed E-state index contributed by atoms with van der Waals surface area (Å²) in [7, 11) is 0. The Bertz CT molecular complexity index is 694. The Morgan fingerprint density at radius 1 is 1.29 bits per heavy atom. The molecule has 0 aliphatic carbocycles. The summed E-state index contributed by atoms with van der Waals surface area (Å²) < 4.78 is 1.83. The number of amides is 1. The largest absolute Gasteiger partial charge is 0.394 e. The Kier molecular flexibility index (Phi) is 6.37. The number of hydrogen-bond donors (Lipinski definition) is 3. The first-order valence-electron chi connectivity index (χ1n) is 8.32. The first kappa shape index (κ1) is 18.0. The van der Waals surface area contributed by atoms with E-state index in [4.69, 9.17) is 5.11 Å². The third kappa shape index (κ3) is 4.58. The summed E-state index contributed by atoms with van der Waals surface area (Å²) in [6, 6.07) is 7.70. The molecule has 2 rings (SSSR count). The number of carbonyl (C=O) groups excluding carboxylic acids is 1. The normalized spacial score (nSPS) is 10.7. The van der Waals surface area contributed by atoms with Gasteiger partial charge < -0.3 is 15.7 Å². The van der Waals surface area contributed by atoms with Crippen molar-refractivity contribution in [3.63, 3.8) is 0 Å². The molecule has 0 aliphatic heterocycles. The summed E-state index contributed by atoms with van der Waals surface area (Å²) >= 11 is 0. The van der Waals surface area contributed by atoms with E-state index in [2.05, 4.69) is 15.7 Å². The minimum atomic E-state index is 0.0339. The maximum Gasteiger partial charge on any atom is 0.224 e. The third-order valence-electron chi connectivity index (χ3n) is 3.94. The van der Waals surface area contributed by atoms with Crippen LogP contribution >= 0.6 is 0 Å². The smallest absolute Gasteiger partial charge is 0.224 e. The van der Waals surface area contributed by atoms with E-state index >= 15 is 0 Å². The topological polar surface area (TPSA) is 79.2 Å². The third-order valence-corrected chi connectivity index (χ3v) is 3.94. The number of aryl methyl sites for hydroxylation is 1. The zero-order chi connectivity index (χ0) is 17.5. The lowest BCUT2D eigenvalue weighted by atomic mass is 10.2. The summed E-state index contributed by atoms with van der Waals surface area (Å²) in [4.78, 5) is 11.7. The van der Waals surface area contributed by atoms with Gasteiger partial charge in [0, 0.05) is 35.6 Å². The van der Waals surface area contributed by atoms with Crippen LogP contribution in [-0.2, 0) is 17.9 Å². The van der Waals surface area contributed by atoms with E-state index in [1.165, 1.54) is 0 Å². The highest BCUT2D eigenvalue weighted by atomic mass is 16.3. The highest BCUT2D eigenvalue weighted by Gasteiger charge is 2.11. The van der Waals surface area contributed by atoms with Crippen LogP contribution in [0.4, 0.5) is 11.4 Å². The predicted octanol–water partition coefficient (Wildman–Crippen LogP) is 2.84. The number of anilines is 2. The van der Waals surface area contributed by atoms with E-state index < -0.39 is 0 Å². The second-order valence-electron chi connectivity index (χ2n) is 5.83. The van der Waals surface area contributed by atoms with Crippen LogP contribution in [0.25, 0.3) is 0 Å². The fourth-order valence-corrected chi connectivity index (χ4v) is 2.65. The van der Waals surface area contributed by atoms with E-state index in [1.54, 1.807) is 0 Å². The molecule has 0 fully saturated rings. The second-order valence-corrected chi connectivity index (χ2v) is 5.83. The van der Waals surface area contributed by atoms with Gasteiger partial charge in [-0.1, -0.05) is 13.0 Å². The number of aliphatic hydroxyl groups excluding tert-OH is 1. The zero-order valence-corrected chi connectivity index (χ0v) is 14.6. The van der Waals surface area contributed by atoms with Crippen LogP contribution in [0.15, 0.2) is 24.3 Å². The van der Waals surface area contributed by atoms with Crippen molar-refractivity contribution < 1.29 is 9.90 Å². The maximum atomic E-state index is 11.7. The second kappa shape index (κ2) is 8.49. The van der Waals surface area contributed by atoms with Gasteiger partial charge in [-0.05, 0) is 38.5 Å². The van der Waals surface area contributed by atoms with Crippen molar-refractivity contribution in [1.29, 1.82) is 0 Å². The van der Waals surface area contributed by atoms with E-state index in [1.807, 2.05) is 49.7 Å². The Labute approximate surface area is 142 Å². The average Bonchev–Trinajstić information content (AvgIpc) is 2.80. The molecule has 0 atom stereocenters. The van der Waals surface area contributed by atoms with Crippen LogP contribution < -0.4 is 10.6 Å². The summed E-state index contributed by atoms with van der Waals surface area (Å²) in [5, 5.41) is 19.8. The molecule has 6 nitrogen and oxygen atoms in total. The minimum absolute atomic E-state index is 0.0339. The van der Waals surface area contributed by atoms with Crippen LogP contribution in [-0.4, -0.2) is 27.4 Å². The molecule has 1 amide bonds. The van der Waals surface area contributed by atoms with E-state index in [-0.39, 0.29) is 12.5 Å². The fraction of sp³-hybridized carbons (Fsp3) is 0.444. The van der Waals surface area contributed by atoms with Crippen LogP contribution in [0.5, 0.6) is 0 Å². The van der Waals surface area contributed by atoms with Gasteiger partial charge in [-0.25, -0.2) is 0 Å². The van der Waals surface area contributed by atoms with Crippen LogP contribution in [0.1, 0.15) is 36.7 Å². The molecule has 0 bridgehead atoms.